The molecule has 4 nitrogen and oxygen atoms in total. The number of methoxy groups -OCH3 is 1. The second kappa shape index (κ2) is 4.88. The van der Waals surface area contributed by atoms with Crippen LogP contribution in [0.25, 0.3) is 0 Å². The minimum Gasteiger partial charge on any atom is -0.382 e. The first kappa shape index (κ1) is 11.1. The van der Waals surface area contributed by atoms with Gasteiger partial charge in [-0.05, 0) is 0 Å². The SMILES string of the molecule is COCCOP(=O)(O)C(C)C. The van der Waals surface area contributed by atoms with Gasteiger partial charge in [0, 0.05) is 7.11 Å². The number of hydrogen-bond donors (Lipinski definition) is 1. The van der Waals surface area contributed by atoms with Crippen LogP contribution in [0.4, 0.5) is 0 Å². The van der Waals surface area contributed by atoms with Gasteiger partial charge in [-0.25, -0.2) is 0 Å². The number of ether oxygens (including phenoxy) is 1. The molecule has 0 aliphatic carbocycles. The molecule has 1 atom stereocenters. The van der Waals surface area contributed by atoms with Crippen LogP contribution in [0.3, 0.4) is 0 Å². The molecular weight excluding hydrogens is 167 g/mol. The Morgan fingerprint density at radius 3 is 2.36 bits per heavy atom. The van der Waals surface area contributed by atoms with Crippen LogP contribution < -0.4 is 0 Å². The number of hydrogen-bond acceptors (Lipinski definition) is 3. The van der Waals surface area contributed by atoms with Gasteiger partial charge in [-0.15, -0.1) is 0 Å². The van der Waals surface area contributed by atoms with Gasteiger partial charge in [-0.3, -0.25) is 4.57 Å². The van der Waals surface area contributed by atoms with Crippen molar-refractivity contribution in [1.82, 2.24) is 0 Å². The summed E-state index contributed by atoms with van der Waals surface area (Å²) >= 11 is 0. The average molecular weight is 182 g/mol. The lowest BCUT2D eigenvalue weighted by atomic mass is 10.6. The molecule has 5 heteroatoms. The predicted molar refractivity (Wildman–Crippen MR) is 42.8 cm³/mol. The Bertz CT molecular complexity index is 146. The molecule has 0 aliphatic rings. The molecule has 11 heavy (non-hydrogen) atoms. The van der Waals surface area contributed by atoms with Crippen molar-refractivity contribution in [3.8, 4) is 0 Å². The van der Waals surface area contributed by atoms with Gasteiger partial charge in [0.15, 0.2) is 0 Å². The lowest BCUT2D eigenvalue weighted by molar-refractivity contribution is 0.136. The largest absolute Gasteiger partial charge is 0.382 e. The van der Waals surface area contributed by atoms with Gasteiger partial charge in [0.1, 0.15) is 0 Å². The van der Waals surface area contributed by atoms with E-state index in [9.17, 15) is 4.57 Å². The summed E-state index contributed by atoms with van der Waals surface area (Å²) in [6.07, 6.45) is 0. The molecular formula is C6H15O4P. The summed E-state index contributed by atoms with van der Waals surface area (Å²) in [4.78, 5) is 9.10. The van der Waals surface area contributed by atoms with Crippen molar-refractivity contribution in [3.63, 3.8) is 0 Å². The first-order chi connectivity index (χ1) is 5.00. The molecule has 68 valence electrons. The van der Waals surface area contributed by atoms with Gasteiger partial charge in [0.05, 0.1) is 18.9 Å². The highest BCUT2D eigenvalue weighted by molar-refractivity contribution is 7.53. The van der Waals surface area contributed by atoms with Gasteiger partial charge in [-0.1, -0.05) is 13.8 Å². The maximum atomic E-state index is 11.1. The molecule has 0 heterocycles. The smallest absolute Gasteiger partial charge is 0.330 e. The van der Waals surface area contributed by atoms with E-state index in [1.165, 1.54) is 7.11 Å². The van der Waals surface area contributed by atoms with Crippen LogP contribution in [0.2, 0.25) is 0 Å². The molecule has 1 N–H and O–H groups in total. The second-order valence-corrected chi connectivity index (χ2v) is 4.90. The van der Waals surface area contributed by atoms with Crippen LogP contribution in [-0.4, -0.2) is 30.9 Å². The fourth-order valence-corrected chi connectivity index (χ4v) is 1.03. The first-order valence-electron chi connectivity index (χ1n) is 3.46. The van der Waals surface area contributed by atoms with Crippen molar-refractivity contribution in [2.45, 2.75) is 19.5 Å². The Kier molecular flexibility index (Phi) is 4.93. The molecule has 0 saturated carbocycles. The lowest BCUT2D eigenvalue weighted by Crippen LogP contribution is -2.05. The molecule has 0 bridgehead atoms. The molecule has 0 spiro atoms. The highest BCUT2D eigenvalue weighted by atomic mass is 31.2. The van der Waals surface area contributed by atoms with E-state index in [1.54, 1.807) is 13.8 Å². The highest BCUT2D eigenvalue weighted by Crippen LogP contribution is 2.46. The zero-order chi connectivity index (χ0) is 8.91. The highest BCUT2D eigenvalue weighted by Gasteiger charge is 2.23. The summed E-state index contributed by atoms with van der Waals surface area (Å²) in [5, 5.41) is 0. The zero-order valence-corrected chi connectivity index (χ0v) is 8.01. The monoisotopic (exact) mass is 182 g/mol. The Balaban J connectivity index is 3.65. The molecule has 0 saturated heterocycles. The van der Waals surface area contributed by atoms with Crippen molar-refractivity contribution in [3.05, 3.63) is 0 Å². The van der Waals surface area contributed by atoms with E-state index in [0.717, 1.165) is 0 Å². The van der Waals surface area contributed by atoms with Crippen LogP contribution in [0.15, 0.2) is 0 Å². The molecule has 0 aromatic heterocycles. The van der Waals surface area contributed by atoms with Crippen LogP contribution in [-0.2, 0) is 13.8 Å². The third-order valence-corrected chi connectivity index (χ3v) is 3.07. The fraction of sp³-hybridized carbons (Fsp3) is 1.00. The minimum atomic E-state index is -3.37. The Labute approximate surface area is 67.0 Å². The van der Waals surface area contributed by atoms with Crippen LogP contribution >= 0.6 is 7.60 Å². The maximum Gasteiger partial charge on any atom is 0.330 e. The Hall–Kier alpha value is 0.110. The standard InChI is InChI=1S/C6H15O4P/c1-6(2)11(7,8)10-5-4-9-3/h6H,4-5H2,1-3H3,(H,7,8). The van der Waals surface area contributed by atoms with Crippen LogP contribution in [0.1, 0.15) is 13.8 Å². The van der Waals surface area contributed by atoms with E-state index in [1.807, 2.05) is 0 Å². The Morgan fingerprint density at radius 2 is 2.00 bits per heavy atom. The summed E-state index contributed by atoms with van der Waals surface area (Å²) in [6, 6.07) is 0. The van der Waals surface area contributed by atoms with Crippen molar-refractivity contribution < 1.29 is 18.7 Å². The van der Waals surface area contributed by atoms with E-state index in [2.05, 4.69) is 4.74 Å². The van der Waals surface area contributed by atoms with Crippen molar-refractivity contribution in [2.75, 3.05) is 20.3 Å². The number of rotatable bonds is 5. The van der Waals surface area contributed by atoms with E-state index < -0.39 is 7.60 Å². The topological polar surface area (TPSA) is 55.8 Å². The normalized spacial score (nSPS) is 16.8. The average Bonchev–Trinajstić information content (AvgIpc) is 1.88. The second-order valence-electron chi connectivity index (χ2n) is 2.48. The van der Waals surface area contributed by atoms with Crippen molar-refractivity contribution >= 4 is 7.60 Å². The Morgan fingerprint density at radius 1 is 1.45 bits per heavy atom. The fourth-order valence-electron chi connectivity index (χ4n) is 0.400. The van der Waals surface area contributed by atoms with E-state index in [0.29, 0.717) is 6.61 Å². The van der Waals surface area contributed by atoms with Gasteiger partial charge in [0.2, 0.25) is 0 Å². The minimum absolute atomic E-state index is 0.169. The molecule has 1 unspecified atom stereocenters. The summed E-state index contributed by atoms with van der Waals surface area (Å²) in [5.41, 5.74) is -0.348. The van der Waals surface area contributed by atoms with Gasteiger partial charge >= 0.3 is 7.60 Å². The van der Waals surface area contributed by atoms with Gasteiger partial charge in [0.25, 0.3) is 0 Å². The van der Waals surface area contributed by atoms with E-state index in [-0.39, 0.29) is 12.3 Å². The summed E-state index contributed by atoms with van der Waals surface area (Å²) in [7, 11) is -1.86. The summed E-state index contributed by atoms with van der Waals surface area (Å²) in [6.45, 7) is 3.81. The summed E-state index contributed by atoms with van der Waals surface area (Å²) < 4.78 is 20.4. The maximum absolute atomic E-state index is 11.1. The van der Waals surface area contributed by atoms with Crippen molar-refractivity contribution in [2.24, 2.45) is 0 Å². The van der Waals surface area contributed by atoms with Crippen molar-refractivity contribution in [1.29, 1.82) is 0 Å². The summed E-state index contributed by atoms with van der Waals surface area (Å²) in [5.74, 6) is 0. The third kappa shape index (κ3) is 4.53. The molecule has 0 aromatic rings. The van der Waals surface area contributed by atoms with Gasteiger partial charge < -0.3 is 14.2 Å². The molecule has 0 rings (SSSR count). The molecule has 0 amide bonds. The molecule has 0 aromatic carbocycles. The lowest BCUT2D eigenvalue weighted by Gasteiger charge is -2.14. The molecule has 0 radical (unpaired) electrons. The molecule has 0 aliphatic heterocycles. The zero-order valence-electron chi connectivity index (χ0n) is 7.11. The van der Waals surface area contributed by atoms with Crippen LogP contribution in [0, 0.1) is 0 Å². The third-order valence-electron chi connectivity index (χ3n) is 1.22. The van der Waals surface area contributed by atoms with Gasteiger partial charge in [-0.2, -0.15) is 0 Å². The van der Waals surface area contributed by atoms with Crippen LogP contribution in [0.5, 0.6) is 0 Å². The first-order valence-corrected chi connectivity index (χ1v) is 5.11. The van der Waals surface area contributed by atoms with E-state index in [4.69, 9.17) is 9.42 Å². The molecule has 0 fully saturated rings. The van der Waals surface area contributed by atoms with E-state index >= 15 is 0 Å². The quantitative estimate of drug-likeness (QED) is 0.513. The predicted octanol–water partition coefficient (Wildman–Crippen LogP) is 1.24.